The van der Waals surface area contributed by atoms with E-state index in [2.05, 4.69) is 21.2 Å². The molecule has 0 unspecified atom stereocenters. The van der Waals surface area contributed by atoms with Gasteiger partial charge in [-0.25, -0.2) is 10.4 Å². The highest BCUT2D eigenvalue weighted by molar-refractivity contribution is 7.15. The van der Waals surface area contributed by atoms with Gasteiger partial charge in [-0.3, -0.25) is 15.0 Å². The lowest BCUT2D eigenvalue weighted by Gasteiger charge is -2.06. The maximum absolute atomic E-state index is 11.9. The van der Waals surface area contributed by atoms with E-state index in [4.69, 9.17) is 5.26 Å². The number of fused-ring (bicyclic) bond motifs is 1. The number of amides is 2. The predicted octanol–water partition coefficient (Wildman–Crippen LogP) is 2.45. The van der Waals surface area contributed by atoms with E-state index >= 15 is 0 Å². The third kappa shape index (κ3) is 7.20. The van der Waals surface area contributed by atoms with Crippen LogP contribution in [0, 0.1) is 11.3 Å². The van der Waals surface area contributed by atoms with Crippen molar-refractivity contribution in [3.05, 3.63) is 10.6 Å². The van der Waals surface area contributed by atoms with Crippen LogP contribution >= 0.6 is 11.3 Å². The molecular formula is C17H25N5O2S. The normalized spacial score (nSPS) is 15.8. The number of thiazole rings is 1. The van der Waals surface area contributed by atoms with Crippen molar-refractivity contribution >= 4 is 28.3 Å². The number of rotatable bonds is 4. The molecule has 0 fully saturated rings. The van der Waals surface area contributed by atoms with Gasteiger partial charge >= 0.3 is 5.91 Å². The Balaban J connectivity index is 1.89. The third-order valence-corrected chi connectivity index (χ3v) is 5.22. The Morgan fingerprint density at radius 2 is 1.68 bits per heavy atom. The van der Waals surface area contributed by atoms with Gasteiger partial charge in [-0.05, 0) is 25.7 Å². The van der Waals surface area contributed by atoms with Crippen molar-refractivity contribution in [2.45, 2.75) is 64.2 Å². The lowest BCUT2D eigenvalue weighted by molar-refractivity contribution is -0.117. The van der Waals surface area contributed by atoms with E-state index in [1.54, 1.807) is 11.3 Å². The quantitative estimate of drug-likeness (QED) is 0.563. The standard InChI is InChI=1S/C17H25N5O2S/c18-11-15(23)22-19-12-16(24)21-17-20-13-9-7-5-3-1-2-4-6-8-10-14(13)25-17/h19H,1-10,12H2,(H,22,23)(H,20,21,24). The molecule has 0 aromatic carbocycles. The number of anilines is 1. The number of nitriles is 1. The van der Waals surface area contributed by atoms with Crippen LogP contribution in [0.4, 0.5) is 5.13 Å². The summed E-state index contributed by atoms with van der Waals surface area (Å²) in [6.07, 6.45) is 12.1. The van der Waals surface area contributed by atoms with E-state index < -0.39 is 5.91 Å². The first kappa shape index (κ1) is 19.3. The third-order valence-electron chi connectivity index (χ3n) is 4.14. The first-order valence-corrected chi connectivity index (χ1v) is 9.72. The highest BCUT2D eigenvalue weighted by Crippen LogP contribution is 2.27. The Labute approximate surface area is 152 Å². The van der Waals surface area contributed by atoms with Crippen molar-refractivity contribution in [1.82, 2.24) is 15.8 Å². The molecule has 1 heterocycles. The maximum atomic E-state index is 11.9. The lowest BCUT2D eigenvalue weighted by atomic mass is 10.0. The van der Waals surface area contributed by atoms with Gasteiger partial charge in [0, 0.05) is 4.88 Å². The van der Waals surface area contributed by atoms with Crippen LogP contribution in [0.5, 0.6) is 0 Å². The second kappa shape index (κ2) is 10.8. The molecule has 3 N–H and O–H groups in total. The summed E-state index contributed by atoms with van der Waals surface area (Å²) in [7, 11) is 0. The molecule has 8 heteroatoms. The van der Waals surface area contributed by atoms with Crippen LogP contribution in [0.3, 0.4) is 0 Å². The number of nitrogens with one attached hydrogen (secondary N) is 3. The zero-order valence-electron chi connectivity index (χ0n) is 14.4. The number of nitrogens with zero attached hydrogens (tertiary/aromatic N) is 2. The molecule has 1 aliphatic carbocycles. The summed E-state index contributed by atoms with van der Waals surface area (Å²) < 4.78 is 0. The maximum Gasteiger partial charge on any atom is 0.336 e. The average molecular weight is 363 g/mol. The molecule has 1 aliphatic rings. The molecule has 0 saturated carbocycles. The zero-order chi connectivity index (χ0) is 17.9. The summed E-state index contributed by atoms with van der Waals surface area (Å²) >= 11 is 1.55. The number of hydrazine groups is 1. The fraction of sp³-hybridized carbons (Fsp3) is 0.647. The van der Waals surface area contributed by atoms with Gasteiger partial charge in [-0.15, -0.1) is 11.3 Å². The first-order valence-electron chi connectivity index (χ1n) is 8.90. The van der Waals surface area contributed by atoms with Crippen LogP contribution < -0.4 is 16.2 Å². The van der Waals surface area contributed by atoms with Crippen molar-refractivity contribution in [2.75, 3.05) is 11.9 Å². The topological polar surface area (TPSA) is 107 Å². The first-order chi connectivity index (χ1) is 12.2. The van der Waals surface area contributed by atoms with Crippen LogP contribution in [-0.4, -0.2) is 23.3 Å². The molecule has 0 spiro atoms. The van der Waals surface area contributed by atoms with Crippen molar-refractivity contribution < 1.29 is 9.59 Å². The molecule has 7 nitrogen and oxygen atoms in total. The highest BCUT2D eigenvalue weighted by Gasteiger charge is 2.13. The molecule has 0 bridgehead atoms. The van der Waals surface area contributed by atoms with E-state index in [0.29, 0.717) is 5.13 Å². The Morgan fingerprint density at radius 1 is 1.04 bits per heavy atom. The summed E-state index contributed by atoms with van der Waals surface area (Å²) in [6.45, 7) is -0.113. The number of aryl methyl sites for hydroxylation is 2. The minimum atomic E-state index is -0.830. The zero-order valence-corrected chi connectivity index (χ0v) is 15.2. The Hall–Kier alpha value is -1.98. The summed E-state index contributed by atoms with van der Waals surface area (Å²) in [4.78, 5) is 28.5. The minimum Gasteiger partial charge on any atom is -0.301 e. The molecule has 0 saturated heterocycles. The molecule has 25 heavy (non-hydrogen) atoms. The summed E-state index contributed by atoms with van der Waals surface area (Å²) in [5, 5.41) is 11.7. The molecule has 2 amide bonds. The SMILES string of the molecule is N#CC(=O)NNCC(=O)Nc1nc2c(s1)CCCCCCCCCC2. The number of carbonyl (C=O) groups is 2. The number of aromatic nitrogens is 1. The Kier molecular flexibility index (Phi) is 8.35. The molecular weight excluding hydrogens is 338 g/mol. The van der Waals surface area contributed by atoms with Crippen molar-refractivity contribution in [3.8, 4) is 6.07 Å². The van der Waals surface area contributed by atoms with E-state index in [0.717, 1.165) is 25.0 Å². The molecule has 2 rings (SSSR count). The molecule has 0 atom stereocenters. The second-order valence-corrected chi connectivity index (χ2v) is 7.27. The van der Waals surface area contributed by atoms with Gasteiger partial charge in [0.1, 0.15) is 0 Å². The number of hydrogen-bond acceptors (Lipinski definition) is 6. The summed E-state index contributed by atoms with van der Waals surface area (Å²) in [6, 6.07) is 1.40. The van der Waals surface area contributed by atoms with Gasteiger partial charge in [-0.2, -0.15) is 5.26 Å². The summed E-state index contributed by atoms with van der Waals surface area (Å²) in [5.41, 5.74) is 5.64. The van der Waals surface area contributed by atoms with Gasteiger partial charge in [0.2, 0.25) is 5.91 Å². The lowest BCUT2D eigenvalue weighted by Crippen LogP contribution is -2.41. The fourth-order valence-corrected chi connectivity index (χ4v) is 3.93. The smallest absolute Gasteiger partial charge is 0.301 e. The minimum absolute atomic E-state index is 0.113. The monoisotopic (exact) mass is 363 g/mol. The van der Waals surface area contributed by atoms with E-state index in [9.17, 15) is 9.59 Å². The molecule has 1 aromatic heterocycles. The van der Waals surface area contributed by atoms with Crippen LogP contribution in [-0.2, 0) is 22.4 Å². The van der Waals surface area contributed by atoms with Gasteiger partial charge in [-0.1, -0.05) is 38.5 Å². The molecule has 0 radical (unpaired) electrons. The van der Waals surface area contributed by atoms with Crippen molar-refractivity contribution in [3.63, 3.8) is 0 Å². The van der Waals surface area contributed by atoms with E-state index in [-0.39, 0.29) is 12.5 Å². The van der Waals surface area contributed by atoms with Gasteiger partial charge in [0.05, 0.1) is 12.2 Å². The molecule has 136 valence electrons. The van der Waals surface area contributed by atoms with Gasteiger partial charge in [0.15, 0.2) is 11.2 Å². The number of carbonyl (C=O) groups excluding carboxylic acids is 2. The Morgan fingerprint density at radius 3 is 2.36 bits per heavy atom. The molecule has 1 aromatic rings. The van der Waals surface area contributed by atoms with Crippen molar-refractivity contribution in [1.29, 1.82) is 5.26 Å². The van der Waals surface area contributed by atoms with Crippen LogP contribution in [0.1, 0.15) is 61.9 Å². The van der Waals surface area contributed by atoms with Crippen LogP contribution in [0.25, 0.3) is 0 Å². The fourth-order valence-electron chi connectivity index (χ4n) is 2.86. The summed E-state index contributed by atoms with van der Waals surface area (Å²) in [5.74, 6) is -1.13. The van der Waals surface area contributed by atoms with Crippen LogP contribution in [0.2, 0.25) is 0 Å². The van der Waals surface area contributed by atoms with Gasteiger partial charge in [0.25, 0.3) is 0 Å². The highest BCUT2D eigenvalue weighted by atomic mass is 32.1. The van der Waals surface area contributed by atoms with E-state index in [1.807, 2.05) is 0 Å². The van der Waals surface area contributed by atoms with Crippen molar-refractivity contribution in [2.24, 2.45) is 0 Å². The number of hydrogen-bond donors (Lipinski definition) is 3. The van der Waals surface area contributed by atoms with E-state index in [1.165, 1.54) is 55.9 Å². The molecule has 0 aliphatic heterocycles. The Bertz CT molecular complexity index is 594. The average Bonchev–Trinajstić information content (AvgIpc) is 2.96. The van der Waals surface area contributed by atoms with Gasteiger partial charge < -0.3 is 5.32 Å². The second-order valence-electron chi connectivity index (χ2n) is 6.18. The largest absolute Gasteiger partial charge is 0.336 e. The van der Waals surface area contributed by atoms with Crippen LogP contribution in [0.15, 0.2) is 0 Å². The predicted molar refractivity (Wildman–Crippen MR) is 96.8 cm³/mol.